The normalized spacial score (nSPS) is 11.2. The summed E-state index contributed by atoms with van der Waals surface area (Å²) >= 11 is 0. The van der Waals surface area contributed by atoms with Crippen molar-refractivity contribution in [3.8, 4) is 11.5 Å². The van der Waals surface area contributed by atoms with Gasteiger partial charge in [-0.1, -0.05) is 30.3 Å². The molecule has 0 aliphatic heterocycles. The molecule has 3 rings (SSSR count). The van der Waals surface area contributed by atoms with Crippen molar-refractivity contribution in [1.82, 2.24) is 4.98 Å². The van der Waals surface area contributed by atoms with E-state index in [0.717, 1.165) is 16.1 Å². The molecular weight excluding hydrogens is 380 g/mol. The molecule has 0 N–H and O–H groups in total. The Morgan fingerprint density at radius 2 is 1.75 bits per heavy atom. The number of sulfonamides is 1. The first-order valence-corrected chi connectivity index (χ1v) is 10.3. The van der Waals surface area contributed by atoms with Crippen molar-refractivity contribution in [2.75, 3.05) is 17.6 Å². The monoisotopic (exact) mass is 400 g/mol. The topological polar surface area (TPSA) is 89.7 Å². The Bertz CT molecular complexity index is 1090. The molecule has 0 aliphatic carbocycles. The Balaban J connectivity index is 1.78. The van der Waals surface area contributed by atoms with Gasteiger partial charge in [-0.3, -0.25) is 4.31 Å². The van der Waals surface area contributed by atoms with E-state index in [2.05, 4.69) is 4.98 Å². The summed E-state index contributed by atoms with van der Waals surface area (Å²) in [7, 11) is -2.13. The zero-order valence-corrected chi connectivity index (χ0v) is 16.6. The number of ether oxygens (including phenoxy) is 1. The van der Waals surface area contributed by atoms with Gasteiger partial charge < -0.3 is 9.15 Å². The zero-order valence-electron chi connectivity index (χ0n) is 15.7. The second kappa shape index (κ2) is 7.85. The highest BCUT2D eigenvalue weighted by atomic mass is 32.2. The number of hydrogen-bond donors (Lipinski definition) is 0. The van der Waals surface area contributed by atoms with E-state index in [1.165, 1.54) is 13.1 Å². The van der Waals surface area contributed by atoms with Gasteiger partial charge in [0.1, 0.15) is 18.1 Å². The zero-order chi connectivity index (χ0) is 20.3. The number of oxazole rings is 1. The summed E-state index contributed by atoms with van der Waals surface area (Å²) in [5, 5.41) is 0. The fraction of sp³-hybridized carbons (Fsp3) is 0.200. The summed E-state index contributed by atoms with van der Waals surface area (Å²) in [6, 6.07) is 15.8. The van der Waals surface area contributed by atoms with E-state index in [4.69, 9.17) is 9.15 Å². The van der Waals surface area contributed by atoms with Gasteiger partial charge in [-0.05, 0) is 31.2 Å². The molecule has 28 heavy (non-hydrogen) atoms. The highest BCUT2D eigenvalue weighted by Crippen LogP contribution is 2.24. The molecule has 0 saturated carbocycles. The lowest BCUT2D eigenvalue weighted by molar-refractivity contribution is 0.0468. The van der Waals surface area contributed by atoms with Crippen molar-refractivity contribution in [2.24, 2.45) is 0 Å². The highest BCUT2D eigenvalue weighted by Gasteiger charge is 2.21. The number of carbonyl (C=O) groups is 1. The first-order valence-electron chi connectivity index (χ1n) is 8.49. The molecule has 7 nitrogen and oxygen atoms in total. The summed E-state index contributed by atoms with van der Waals surface area (Å²) < 4.78 is 35.7. The van der Waals surface area contributed by atoms with Gasteiger partial charge in [-0.25, -0.2) is 18.2 Å². The summed E-state index contributed by atoms with van der Waals surface area (Å²) in [6.45, 7) is 1.66. The molecule has 0 bridgehead atoms. The van der Waals surface area contributed by atoms with E-state index in [1.54, 1.807) is 25.1 Å². The number of hydrogen-bond acceptors (Lipinski definition) is 6. The standard InChI is InChI=1S/C20H20N2O5S/c1-14-17(21-19(27-14)15-9-5-4-6-10-15)13-26-20(23)16-11-7-8-12-18(16)22(2)28(3,24)25/h4-12H,13H2,1-3H3. The molecule has 2 aromatic carbocycles. The Kier molecular flexibility index (Phi) is 5.51. The minimum atomic E-state index is -3.51. The van der Waals surface area contributed by atoms with Crippen molar-refractivity contribution in [1.29, 1.82) is 0 Å². The van der Waals surface area contributed by atoms with Crippen molar-refractivity contribution < 1.29 is 22.4 Å². The van der Waals surface area contributed by atoms with Crippen LogP contribution in [0.5, 0.6) is 0 Å². The largest absolute Gasteiger partial charge is 0.455 e. The minimum absolute atomic E-state index is 0.0854. The molecule has 0 aliphatic rings. The SMILES string of the molecule is Cc1oc(-c2ccccc2)nc1COC(=O)c1ccccc1N(C)S(C)(=O)=O. The summed E-state index contributed by atoms with van der Waals surface area (Å²) in [5.41, 5.74) is 1.72. The second-order valence-corrected chi connectivity index (χ2v) is 8.23. The maximum absolute atomic E-state index is 12.6. The van der Waals surface area contributed by atoms with Gasteiger partial charge in [-0.15, -0.1) is 0 Å². The third-order valence-electron chi connectivity index (χ3n) is 4.21. The van der Waals surface area contributed by atoms with Crippen LogP contribution < -0.4 is 4.31 Å². The molecule has 1 heterocycles. The van der Waals surface area contributed by atoms with E-state index < -0.39 is 16.0 Å². The highest BCUT2D eigenvalue weighted by molar-refractivity contribution is 7.92. The molecule has 1 aromatic heterocycles. The minimum Gasteiger partial charge on any atom is -0.455 e. The average Bonchev–Trinajstić information content (AvgIpc) is 3.06. The number of nitrogens with zero attached hydrogens (tertiary/aromatic N) is 2. The van der Waals surface area contributed by atoms with Crippen molar-refractivity contribution in [3.05, 3.63) is 71.6 Å². The van der Waals surface area contributed by atoms with Gasteiger partial charge in [-0.2, -0.15) is 0 Å². The van der Waals surface area contributed by atoms with Gasteiger partial charge in [0.05, 0.1) is 17.5 Å². The van der Waals surface area contributed by atoms with Crippen LogP contribution in [0.2, 0.25) is 0 Å². The Hall–Kier alpha value is -3.13. The maximum atomic E-state index is 12.6. The van der Waals surface area contributed by atoms with Crippen LogP contribution >= 0.6 is 0 Å². The molecule has 0 saturated heterocycles. The lowest BCUT2D eigenvalue weighted by atomic mass is 10.2. The number of carbonyl (C=O) groups excluding carboxylic acids is 1. The number of esters is 1. The molecule has 146 valence electrons. The van der Waals surface area contributed by atoms with Crippen LogP contribution in [0.15, 0.2) is 59.0 Å². The van der Waals surface area contributed by atoms with Crippen molar-refractivity contribution in [2.45, 2.75) is 13.5 Å². The number of benzene rings is 2. The van der Waals surface area contributed by atoms with Gasteiger partial charge in [0.15, 0.2) is 0 Å². The lowest BCUT2D eigenvalue weighted by Crippen LogP contribution is -2.27. The number of rotatable bonds is 6. The predicted octanol–water partition coefficient (Wildman–Crippen LogP) is 3.40. The fourth-order valence-corrected chi connectivity index (χ4v) is 3.09. The van der Waals surface area contributed by atoms with E-state index in [-0.39, 0.29) is 17.9 Å². The molecule has 0 atom stereocenters. The lowest BCUT2D eigenvalue weighted by Gasteiger charge is -2.19. The first-order chi connectivity index (χ1) is 13.3. The molecule has 3 aromatic rings. The van der Waals surface area contributed by atoms with E-state index >= 15 is 0 Å². The Labute approximate surface area is 163 Å². The van der Waals surface area contributed by atoms with Crippen LogP contribution in [0.3, 0.4) is 0 Å². The van der Waals surface area contributed by atoms with Gasteiger partial charge >= 0.3 is 5.97 Å². The second-order valence-electron chi connectivity index (χ2n) is 6.21. The van der Waals surface area contributed by atoms with Crippen LogP contribution in [0.4, 0.5) is 5.69 Å². The van der Waals surface area contributed by atoms with Crippen LogP contribution in [-0.2, 0) is 21.4 Å². The van der Waals surface area contributed by atoms with Crippen molar-refractivity contribution in [3.63, 3.8) is 0 Å². The molecule has 0 fully saturated rings. The van der Waals surface area contributed by atoms with Gasteiger partial charge in [0.25, 0.3) is 0 Å². The molecule has 0 amide bonds. The molecular formula is C20H20N2O5S. The summed E-state index contributed by atoms with van der Waals surface area (Å²) in [6.07, 6.45) is 1.07. The molecule has 0 spiro atoms. The molecule has 8 heteroatoms. The third-order valence-corrected chi connectivity index (χ3v) is 5.41. The number of aromatic nitrogens is 1. The molecule has 0 radical (unpaired) electrons. The maximum Gasteiger partial charge on any atom is 0.340 e. The summed E-state index contributed by atoms with van der Waals surface area (Å²) in [5.74, 6) is 0.351. The smallest absolute Gasteiger partial charge is 0.340 e. The number of para-hydroxylation sites is 1. The van der Waals surface area contributed by atoms with Crippen molar-refractivity contribution >= 4 is 21.7 Å². The number of anilines is 1. The van der Waals surface area contributed by atoms with E-state index in [0.29, 0.717) is 17.3 Å². The van der Waals surface area contributed by atoms with Crippen LogP contribution in [0, 0.1) is 6.92 Å². The van der Waals surface area contributed by atoms with E-state index in [1.807, 2.05) is 30.3 Å². The quantitative estimate of drug-likeness (QED) is 0.589. The van der Waals surface area contributed by atoms with Crippen LogP contribution in [-0.4, -0.2) is 32.7 Å². The Morgan fingerprint density at radius 3 is 2.43 bits per heavy atom. The molecule has 0 unspecified atom stereocenters. The predicted molar refractivity (Wildman–Crippen MR) is 105 cm³/mol. The van der Waals surface area contributed by atoms with Gasteiger partial charge in [0.2, 0.25) is 15.9 Å². The third kappa shape index (κ3) is 4.23. The van der Waals surface area contributed by atoms with E-state index in [9.17, 15) is 13.2 Å². The number of aryl methyl sites for hydroxylation is 1. The average molecular weight is 400 g/mol. The Morgan fingerprint density at radius 1 is 1.11 bits per heavy atom. The fourth-order valence-electron chi connectivity index (χ4n) is 2.58. The van der Waals surface area contributed by atoms with Crippen LogP contribution in [0.1, 0.15) is 21.8 Å². The van der Waals surface area contributed by atoms with Crippen LogP contribution in [0.25, 0.3) is 11.5 Å². The summed E-state index contributed by atoms with van der Waals surface area (Å²) in [4.78, 5) is 16.9. The first kappa shape index (κ1) is 19.6. The van der Waals surface area contributed by atoms with Gasteiger partial charge in [0, 0.05) is 12.6 Å².